The Morgan fingerprint density at radius 2 is 2.05 bits per heavy atom. The molecule has 108 valence electrons. The summed E-state index contributed by atoms with van der Waals surface area (Å²) in [5, 5.41) is 13.0. The molecule has 0 aromatic rings. The van der Waals surface area contributed by atoms with Crippen LogP contribution < -0.4 is 10.6 Å². The predicted molar refractivity (Wildman–Crippen MR) is 70.7 cm³/mol. The van der Waals surface area contributed by atoms with Gasteiger partial charge in [-0.2, -0.15) is 5.26 Å². The molecule has 0 aromatic carbocycles. The Balaban J connectivity index is 4.42. The van der Waals surface area contributed by atoms with Crippen molar-refractivity contribution in [3.63, 3.8) is 0 Å². The molecule has 0 radical (unpaired) electrons. The molecule has 19 heavy (non-hydrogen) atoms. The molecule has 0 saturated heterocycles. The summed E-state index contributed by atoms with van der Waals surface area (Å²) >= 11 is 0. The number of hydrogen-bond acceptors (Lipinski definition) is 5. The van der Waals surface area contributed by atoms with E-state index in [-0.39, 0.29) is 24.8 Å². The lowest BCUT2D eigenvalue weighted by molar-refractivity contribution is -0.122. The van der Waals surface area contributed by atoms with Crippen molar-refractivity contribution in [2.75, 3.05) is 25.2 Å². The summed E-state index contributed by atoms with van der Waals surface area (Å²) in [6.45, 7) is 3.82. The first-order valence-electron chi connectivity index (χ1n) is 5.74. The molecule has 0 saturated carbocycles. The van der Waals surface area contributed by atoms with Crippen molar-refractivity contribution in [3.05, 3.63) is 0 Å². The molecule has 0 fully saturated rings. The second-order valence-corrected chi connectivity index (χ2v) is 5.78. The molecule has 2 unspecified atom stereocenters. The zero-order valence-corrected chi connectivity index (χ0v) is 12.1. The van der Waals surface area contributed by atoms with E-state index in [0.717, 1.165) is 0 Å². The van der Waals surface area contributed by atoms with Gasteiger partial charge in [0.15, 0.2) is 0 Å². The standard InChI is InChI=1S/C11H19N3O4S/c1-8(2)6-18-11(16)14-9(7-19(3)17)10(15)13-5-4-12/h8-9H,5-7H2,1-3H3,(H,13,15)(H,14,16). The third kappa shape index (κ3) is 9.02. The summed E-state index contributed by atoms with van der Waals surface area (Å²) in [6, 6.07) is 0.775. The summed E-state index contributed by atoms with van der Waals surface area (Å²) in [5.74, 6) is -0.413. The Labute approximate surface area is 115 Å². The van der Waals surface area contributed by atoms with Crippen LogP contribution in [0.2, 0.25) is 0 Å². The lowest BCUT2D eigenvalue weighted by Crippen LogP contribution is -2.50. The van der Waals surface area contributed by atoms with Gasteiger partial charge in [0.05, 0.1) is 18.4 Å². The number of carbonyl (C=O) groups excluding carboxylic acids is 2. The highest BCUT2D eigenvalue weighted by Gasteiger charge is 2.22. The Bertz CT molecular complexity index is 379. The van der Waals surface area contributed by atoms with Crippen molar-refractivity contribution in [3.8, 4) is 6.07 Å². The minimum Gasteiger partial charge on any atom is -0.449 e. The highest BCUT2D eigenvalue weighted by atomic mass is 32.2. The number of nitrogens with one attached hydrogen (secondary N) is 2. The van der Waals surface area contributed by atoms with Crippen molar-refractivity contribution in [2.45, 2.75) is 19.9 Å². The van der Waals surface area contributed by atoms with Gasteiger partial charge in [-0.1, -0.05) is 13.8 Å². The average molecular weight is 289 g/mol. The molecule has 0 heterocycles. The van der Waals surface area contributed by atoms with Crippen molar-refractivity contribution in [2.24, 2.45) is 5.92 Å². The van der Waals surface area contributed by atoms with Crippen LogP contribution in [0.15, 0.2) is 0 Å². The van der Waals surface area contributed by atoms with E-state index in [0.29, 0.717) is 0 Å². The van der Waals surface area contributed by atoms with Crippen LogP contribution in [0.3, 0.4) is 0 Å². The molecule has 2 N–H and O–H groups in total. The maximum Gasteiger partial charge on any atom is 0.407 e. The molecular formula is C11H19N3O4S. The fourth-order valence-electron chi connectivity index (χ4n) is 1.09. The van der Waals surface area contributed by atoms with Crippen LogP contribution in [-0.2, 0) is 20.3 Å². The van der Waals surface area contributed by atoms with Crippen LogP contribution in [0, 0.1) is 17.2 Å². The third-order valence-electron chi connectivity index (χ3n) is 1.90. The van der Waals surface area contributed by atoms with Crippen molar-refractivity contribution < 1.29 is 18.5 Å². The van der Waals surface area contributed by atoms with Gasteiger partial charge in [0.1, 0.15) is 12.6 Å². The second kappa shape index (κ2) is 9.33. The number of carbonyl (C=O) groups is 2. The fourth-order valence-corrected chi connectivity index (χ4v) is 1.80. The fraction of sp³-hybridized carbons (Fsp3) is 0.727. The summed E-state index contributed by atoms with van der Waals surface area (Å²) in [6.07, 6.45) is 0.683. The van der Waals surface area contributed by atoms with E-state index >= 15 is 0 Å². The lowest BCUT2D eigenvalue weighted by atomic mass is 10.2. The van der Waals surface area contributed by atoms with E-state index in [1.54, 1.807) is 6.07 Å². The first kappa shape index (κ1) is 17.4. The SMILES string of the molecule is CC(C)COC(=O)NC(CS(C)=O)C(=O)NCC#N. The van der Waals surface area contributed by atoms with Crippen LogP contribution in [-0.4, -0.2) is 47.4 Å². The summed E-state index contributed by atoms with van der Waals surface area (Å²) in [5.41, 5.74) is 0. The van der Waals surface area contributed by atoms with Gasteiger partial charge >= 0.3 is 6.09 Å². The van der Waals surface area contributed by atoms with Crippen molar-refractivity contribution in [1.29, 1.82) is 5.26 Å². The molecule has 2 amide bonds. The van der Waals surface area contributed by atoms with E-state index in [1.807, 2.05) is 13.8 Å². The Morgan fingerprint density at radius 3 is 2.53 bits per heavy atom. The summed E-state index contributed by atoms with van der Waals surface area (Å²) in [4.78, 5) is 23.1. The Kier molecular flexibility index (Phi) is 8.53. The van der Waals surface area contributed by atoms with E-state index in [9.17, 15) is 13.8 Å². The largest absolute Gasteiger partial charge is 0.449 e. The van der Waals surface area contributed by atoms with Gasteiger partial charge in [0, 0.05) is 17.1 Å². The zero-order valence-electron chi connectivity index (χ0n) is 11.3. The van der Waals surface area contributed by atoms with Crippen molar-refractivity contribution >= 4 is 22.8 Å². The first-order valence-corrected chi connectivity index (χ1v) is 7.47. The predicted octanol–water partition coefficient (Wildman–Crippen LogP) is -0.245. The molecule has 0 bridgehead atoms. The molecule has 0 aliphatic heterocycles. The number of hydrogen-bond donors (Lipinski definition) is 2. The smallest absolute Gasteiger partial charge is 0.407 e. The van der Waals surface area contributed by atoms with Crippen molar-refractivity contribution in [1.82, 2.24) is 10.6 Å². The Morgan fingerprint density at radius 1 is 1.42 bits per heavy atom. The van der Waals surface area contributed by atoms with Gasteiger partial charge < -0.3 is 15.4 Å². The molecular weight excluding hydrogens is 270 g/mol. The quantitative estimate of drug-likeness (QED) is 0.629. The molecule has 0 aromatic heterocycles. The number of nitrogens with zero attached hydrogens (tertiary/aromatic N) is 1. The average Bonchev–Trinajstić information content (AvgIpc) is 2.32. The molecule has 0 aliphatic carbocycles. The van der Waals surface area contributed by atoms with Crippen LogP contribution in [0.4, 0.5) is 4.79 Å². The number of alkyl carbamates (subject to hydrolysis) is 1. The second-order valence-electron chi connectivity index (χ2n) is 4.31. The summed E-state index contributed by atoms with van der Waals surface area (Å²) < 4.78 is 16.0. The maximum absolute atomic E-state index is 11.6. The highest BCUT2D eigenvalue weighted by Crippen LogP contribution is 1.95. The third-order valence-corrected chi connectivity index (χ3v) is 2.70. The van der Waals surface area contributed by atoms with Crippen LogP contribution in [0.25, 0.3) is 0 Å². The molecule has 0 spiro atoms. The van der Waals surface area contributed by atoms with Gasteiger partial charge in [-0.25, -0.2) is 4.79 Å². The number of amides is 2. The number of nitriles is 1. The minimum absolute atomic E-state index is 0.0337. The normalized spacial score (nSPS) is 13.2. The summed E-state index contributed by atoms with van der Waals surface area (Å²) in [7, 11) is -1.26. The van der Waals surface area contributed by atoms with E-state index in [4.69, 9.17) is 10.00 Å². The molecule has 2 atom stereocenters. The molecule has 0 rings (SSSR count). The minimum atomic E-state index is -1.26. The van der Waals surface area contributed by atoms with Gasteiger partial charge in [-0.3, -0.25) is 9.00 Å². The lowest BCUT2D eigenvalue weighted by Gasteiger charge is -2.17. The van der Waals surface area contributed by atoms with Gasteiger partial charge in [0.2, 0.25) is 5.91 Å². The topological polar surface area (TPSA) is 108 Å². The van der Waals surface area contributed by atoms with Gasteiger partial charge in [-0.05, 0) is 5.92 Å². The number of rotatable bonds is 7. The van der Waals surface area contributed by atoms with E-state index in [1.165, 1.54) is 6.26 Å². The molecule has 8 heteroatoms. The van der Waals surface area contributed by atoms with Crippen LogP contribution in [0.5, 0.6) is 0 Å². The number of ether oxygens (including phenoxy) is 1. The van der Waals surface area contributed by atoms with E-state index < -0.39 is 28.8 Å². The van der Waals surface area contributed by atoms with Gasteiger partial charge in [0.25, 0.3) is 0 Å². The molecule has 7 nitrogen and oxygen atoms in total. The van der Waals surface area contributed by atoms with Crippen LogP contribution in [0.1, 0.15) is 13.8 Å². The zero-order chi connectivity index (χ0) is 14.8. The first-order chi connectivity index (χ1) is 8.86. The van der Waals surface area contributed by atoms with Gasteiger partial charge in [-0.15, -0.1) is 0 Å². The highest BCUT2D eigenvalue weighted by molar-refractivity contribution is 7.84. The van der Waals surface area contributed by atoms with E-state index in [2.05, 4.69) is 10.6 Å². The Hall–Kier alpha value is -1.62. The maximum atomic E-state index is 11.6. The monoisotopic (exact) mass is 289 g/mol. The molecule has 0 aliphatic rings. The van der Waals surface area contributed by atoms with Crippen LogP contribution >= 0.6 is 0 Å².